The topological polar surface area (TPSA) is 62.8 Å². The number of furan rings is 1. The van der Waals surface area contributed by atoms with E-state index in [9.17, 15) is 0 Å². The van der Waals surface area contributed by atoms with Gasteiger partial charge in [0.2, 0.25) is 0 Å². The molecule has 106 valence electrons. The van der Waals surface area contributed by atoms with Crippen LogP contribution in [0.2, 0.25) is 0 Å². The smallest absolute Gasteiger partial charge is 0.129 e. The third-order valence-corrected chi connectivity index (χ3v) is 1.64. The van der Waals surface area contributed by atoms with Gasteiger partial charge in [0.25, 0.3) is 0 Å². The van der Waals surface area contributed by atoms with Gasteiger partial charge in [-0.15, -0.1) is 0 Å². The van der Waals surface area contributed by atoms with Gasteiger partial charge in [0.1, 0.15) is 24.7 Å². The average molecular weight is 258 g/mol. The van der Waals surface area contributed by atoms with Crippen LogP contribution in [0.15, 0.2) is 16.5 Å². The predicted octanol–water partition coefficient (Wildman–Crippen LogP) is 2.86. The fourth-order valence-electron chi connectivity index (χ4n) is 1.51. The third kappa shape index (κ3) is 9.22. The Morgan fingerprint density at radius 2 is 1.22 bits per heavy atom. The summed E-state index contributed by atoms with van der Waals surface area (Å²) in [6, 6.07) is 3.26. The second-order valence-electron chi connectivity index (χ2n) is 6.01. The van der Waals surface area contributed by atoms with E-state index in [1.54, 1.807) is 12.1 Å². The molecule has 1 rings (SSSR count). The average Bonchev–Trinajstić information content (AvgIpc) is 2.60. The highest BCUT2D eigenvalue weighted by atomic mass is 16.5. The Hall–Kier alpha value is -0.840. The minimum Gasteiger partial charge on any atom is -0.461 e. The maximum absolute atomic E-state index is 8.47. The lowest BCUT2D eigenvalue weighted by molar-refractivity contribution is -0.102. The molecule has 0 fully saturated rings. The van der Waals surface area contributed by atoms with Crippen LogP contribution in [0.25, 0.3) is 0 Å². The summed E-state index contributed by atoms with van der Waals surface area (Å²) < 4.78 is 10.5. The zero-order chi connectivity index (χ0) is 14.4. The summed E-state index contributed by atoms with van der Waals surface area (Å²) in [4.78, 5) is 0. The maximum atomic E-state index is 8.47. The summed E-state index contributed by atoms with van der Waals surface area (Å²) >= 11 is 0. The highest BCUT2D eigenvalue weighted by molar-refractivity contribution is 5.04. The molecular weight excluding hydrogens is 232 g/mol. The van der Waals surface area contributed by atoms with Gasteiger partial charge in [-0.25, -0.2) is 0 Å². The van der Waals surface area contributed by atoms with E-state index >= 15 is 0 Å². The molecule has 0 aliphatic carbocycles. The van der Waals surface area contributed by atoms with Gasteiger partial charge < -0.3 is 19.4 Å². The Morgan fingerprint density at radius 1 is 0.889 bits per heavy atom. The van der Waals surface area contributed by atoms with E-state index in [1.165, 1.54) is 0 Å². The van der Waals surface area contributed by atoms with Gasteiger partial charge in [0.15, 0.2) is 0 Å². The summed E-state index contributed by atoms with van der Waals surface area (Å²) in [5.41, 5.74) is -0.0312. The first-order valence-corrected chi connectivity index (χ1v) is 6.07. The van der Waals surface area contributed by atoms with Crippen LogP contribution in [0.5, 0.6) is 0 Å². The van der Waals surface area contributed by atoms with Gasteiger partial charge >= 0.3 is 0 Å². The van der Waals surface area contributed by atoms with Crippen molar-refractivity contribution < 1.29 is 19.4 Å². The zero-order valence-electron chi connectivity index (χ0n) is 12.3. The van der Waals surface area contributed by atoms with Crippen molar-refractivity contribution in [3.05, 3.63) is 23.7 Å². The first kappa shape index (κ1) is 17.2. The molecule has 18 heavy (non-hydrogen) atoms. The molecule has 1 aromatic heterocycles. The second kappa shape index (κ2) is 6.92. The summed E-state index contributed by atoms with van der Waals surface area (Å²) in [6.45, 7) is 12.2. The number of rotatable bonds is 2. The van der Waals surface area contributed by atoms with Gasteiger partial charge in [-0.05, 0) is 53.7 Å². The number of hydrogen-bond donors (Lipinski definition) is 2. The quantitative estimate of drug-likeness (QED) is 0.856. The van der Waals surface area contributed by atoms with Crippen molar-refractivity contribution in [1.82, 2.24) is 0 Å². The molecule has 1 heterocycles. The standard InChI is InChI=1S/C8H18O.C6H8O3/c1-7(2,3)9-8(4,5)6;7-3-5-1-2-6(4-8)9-5/h1-6H3;1-2,7-8H,3-4H2. The molecule has 0 aromatic carbocycles. The van der Waals surface area contributed by atoms with Crippen molar-refractivity contribution in [3.63, 3.8) is 0 Å². The van der Waals surface area contributed by atoms with Crippen molar-refractivity contribution in [1.29, 1.82) is 0 Å². The van der Waals surface area contributed by atoms with Gasteiger partial charge in [0.05, 0.1) is 11.2 Å². The molecule has 0 saturated carbocycles. The molecule has 0 aliphatic heterocycles. The van der Waals surface area contributed by atoms with Crippen molar-refractivity contribution in [2.45, 2.75) is 66.0 Å². The molecular formula is C14H26O4. The molecule has 2 N–H and O–H groups in total. The first-order chi connectivity index (χ1) is 8.07. The second-order valence-corrected chi connectivity index (χ2v) is 6.01. The molecule has 0 bridgehead atoms. The summed E-state index contributed by atoms with van der Waals surface area (Å²) in [5.74, 6) is 0.970. The molecule has 1 aromatic rings. The number of aliphatic hydroxyl groups excluding tert-OH is 2. The largest absolute Gasteiger partial charge is 0.461 e. The van der Waals surface area contributed by atoms with E-state index in [2.05, 4.69) is 41.5 Å². The molecule has 0 amide bonds. The van der Waals surface area contributed by atoms with Crippen LogP contribution in [0.3, 0.4) is 0 Å². The molecule has 0 aliphatic rings. The normalized spacial score (nSPS) is 12.0. The van der Waals surface area contributed by atoms with E-state index in [1.807, 2.05) is 0 Å². The molecule has 0 unspecified atom stereocenters. The van der Waals surface area contributed by atoms with Crippen LogP contribution in [-0.2, 0) is 18.0 Å². The first-order valence-electron chi connectivity index (χ1n) is 6.07. The summed E-state index contributed by atoms with van der Waals surface area (Å²) in [7, 11) is 0. The van der Waals surface area contributed by atoms with Gasteiger partial charge in [-0.1, -0.05) is 0 Å². The molecule has 0 saturated heterocycles. The molecule has 0 atom stereocenters. The van der Waals surface area contributed by atoms with Gasteiger partial charge in [-0.2, -0.15) is 0 Å². The number of aliphatic hydroxyl groups is 2. The lowest BCUT2D eigenvalue weighted by atomic mass is 10.1. The van der Waals surface area contributed by atoms with E-state index in [4.69, 9.17) is 19.4 Å². The van der Waals surface area contributed by atoms with Crippen LogP contribution in [0, 0.1) is 0 Å². The summed E-state index contributed by atoms with van der Waals surface area (Å²) in [5, 5.41) is 16.9. The minimum atomic E-state index is -0.111. The Kier molecular flexibility index (Phi) is 6.60. The number of ether oxygens (including phenoxy) is 1. The lowest BCUT2D eigenvalue weighted by Crippen LogP contribution is -2.31. The molecule has 4 nitrogen and oxygen atoms in total. The van der Waals surface area contributed by atoms with Crippen molar-refractivity contribution >= 4 is 0 Å². The minimum absolute atomic E-state index is 0.0156. The Bertz CT molecular complexity index is 298. The van der Waals surface area contributed by atoms with Crippen LogP contribution >= 0.6 is 0 Å². The number of hydrogen-bond acceptors (Lipinski definition) is 4. The van der Waals surface area contributed by atoms with E-state index in [0.29, 0.717) is 11.5 Å². The van der Waals surface area contributed by atoms with Gasteiger partial charge in [-0.3, -0.25) is 0 Å². The summed E-state index contributed by atoms with van der Waals surface area (Å²) in [6.07, 6.45) is 0. The SMILES string of the molecule is CC(C)(C)OC(C)(C)C.OCc1ccc(CO)o1. The molecule has 0 spiro atoms. The Balaban J connectivity index is 0.000000321. The fraction of sp³-hybridized carbons (Fsp3) is 0.714. The molecule has 4 heteroatoms. The van der Waals surface area contributed by atoms with Crippen molar-refractivity contribution in [2.75, 3.05) is 0 Å². The Morgan fingerprint density at radius 3 is 1.33 bits per heavy atom. The predicted molar refractivity (Wildman–Crippen MR) is 71.1 cm³/mol. The highest BCUT2D eigenvalue weighted by Gasteiger charge is 2.19. The third-order valence-electron chi connectivity index (χ3n) is 1.64. The van der Waals surface area contributed by atoms with E-state index < -0.39 is 0 Å². The molecule has 0 radical (unpaired) electrons. The van der Waals surface area contributed by atoms with Crippen LogP contribution in [0.4, 0.5) is 0 Å². The zero-order valence-corrected chi connectivity index (χ0v) is 12.3. The fourth-order valence-corrected chi connectivity index (χ4v) is 1.51. The monoisotopic (exact) mass is 258 g/mol. The van der Waals surface area contributed by atoms with Crippen molar-refractivity contribution in [3.8, 4) is 0 Å². The Labute approximate surface area is 110 Å². The van der Waals surface area contributed by atoms with Crippen LogP contribution in [-0.4, -0.2) is 21.4 Å². The lowest BCUT2D eigenvalue weighted by Gasteiger charge is -2.30. The maximum Gasteiger partial charge on any atom is 0.129 e. The van der Waals surface area contributed by atoms with Crippen LogP contribution in [0.1, 0.15) is 53.1 Å². The van der Waals surface area contributed by atoms with Crippen LogP contribution < -0.4 is 0 Å². The van der Waals surface area contributed by atoms with Gasteiger partial charge in [0, 0.05) is 0 Å². The van der Waals surface area contributed by atoms with E-state index in [0.717, 1.165) is 0 Å². The highest BCUT2D eigenvalue weighted by Crippen LogP contribution is 2.17. The van der Waals surface area contributed by atoms with E-state index in [-0.39, 0.29) is 24.4 Å². The van der Waals surface area contributed by atoms with Crippen molar-refractivity contribution in [2.24, 2.45) is 0 Å².